The van der Waals surface area contributed by atoms with E-state index in [1.54, 1.807) is 0 Å². The molecule has 6 nitrogen and oxygen atoms in total. The molecule has 0 unspecified atom stereocenters. The first-order valence-electron chi connectivity index (χ1n) is 8.79. The molecule has 0 spiro atoms. The molecule has 0 saturated carbocycles. The number of hydrogen-bond donors (Lipinski definition) is 1. The van der Waals surface area contributed by atoms with E-state index >= 15 is 0 Å². The van der Waals surface area contributed by atoms with Crippen molar-refractivity contribution in [2.75, 3.05) is 5.75 Å². The topological polar surface area (TPSA) is 72.2 Å². The zero-order chi connectivity index (χ0) is 19.9. The zero-order valence-electron chi connectivity index (χ0n) is 15.6. The van der Waals surface area contributed by atoms with Crippen LogP contribution in [-0.2, 0) is 11.3 Å². The van der Waals surface area contributed by atoms with Crippen molar-refractivity contribution in [1.82, 2.24) is 20.2 Å². The molecule has 144 valence electrons. The molecule has 0 aliphatic rings. The van der Waals surface area contributed by atoms with Gasteiger partial charge in [0, 0.05) is 17.1 Å². The van der Waals surface area contributed by atoms with Crippen LogP contribution in [0.5, 0.6) is 0 Å². The first-order chi connectivity index (χ1) is 13.6. The maximum Gasteiger partial charge on any atom is 0.250 e. The Bertz CT molecular complexity index is 970. The van der Waals surface area contributed by atoms with Gasteiger partial charge in [-0.3, -0.25) is 4.79 Å². The average molecular weight is 414 g/mol. The summed E-state index contributed by atoms with van der Waals surface area (Å²) >= 11 is 7.28. The van der Waals surface area contributed by atoms with E-state index in [2.05, 4.69) is 20.7 Å². The monoisotopic (exact) mass is 413 g/mol. The Labute approximate surface area is 173 Å². The predicted molar refractivity (Wildman–Crippen MR) is 114 cm³/mol. The molecule has 0 aliphatic carbocycles. The number of carbonyl (C=O) groups excluding carboxylic acids is 1. The van der Waals surface area contributed by atoms with Gasteiger partial charge in [0.1, 0.15) is 0 Å². The number of nitrogens with one attached hydrogen (secondary N) is 1. The number of hydrazone groups is 1. The van der Waals surface area contributed by atoms with Gasteiger partial charge in [-0.2, -0.15) is 5.10 Å². The molecule has 1 aromatic heterocycles. The van der Waals surface area contributed by atoms with E-state index in [1.165, 1.54) is 11.8 Å². The Morgan fingerprint density at radius 2 is 1.86 bits per heavy atom. The predicted octanol–water partition coefficient (Wildman–Crippen LogP) is 4.25. The smallest absolute Gasteiger partial charge is 0.250 e. The van der Waals surface area contributed by atoms with E-state index in [9.17, 15) is 4.79 Å². The van der Waals surface area contributed by atoms with Crippen molar-refractivity contribution in [2.45, 2.75) is 25.5 Å². The highest BCUT2D eigenvalue weighted by atomic mass is 35.5. The van der Waals surface area contributed by atoms with Crippen LogP contribution in [0.3, 0.4) is 0 Å². The van der Waals surface area contributed by atoms with E-state index in [4.69, 9.17) is 11.6 Å². The molecule has 3 aromatic rings. The van der Waals surface area contributed by atoms with Gasteiger partial charge in [-0.15, -0.1) is 10.2 Å². The molecule has 3 rings (SSSR count). The third-order valence-electron chi connectivity index (χ3n) is 4.01. The number of aromatic nitrogens is 3. The van der Waals surface area contributed by atoms with Gasteiger partial charge in [0.2, 0.25) is 0 Å². The zero-order valence-corrected chi connectivity index (χ0v) is 17.2. The van der Waals surface area contributed by atoms with Gasteiger partial charge in [0.15, 0.2) is 11.0 Å². The van der Waals surface area contributed by atoms with Crippen LogP contribution in [0, 0.1) is 0 Å². The number of thioether (sulfide) groups is 1. The summed E-state index contributed by atoms with van der Waals surface area (Å²) in [4.78, 5) is 12.2. The molecular formula is C20H20ClN5OS. The summed E-state index contributed by atoms with van der Waals surface area (Å²) in [6.07, 6.45) is 0. The molecule has 2 aromatic carbocycles. The van der Waals surface area contributed by atoms with Gasteiger partial charge in [-0.05, 0) is 43.7 Å². The highest BCUT2D eigenvalue weighted by Crippen LogP contribution is 2.25. The molecule has 8 heteroatoms. The number of amides is 1. The minimum atomic E-state index is -0.195. The molecule has 0 aliphatic heterocycles. The number of benzene rings is 2. The fourth-order valence-corrected chi connectivity index (χ4v) is 3.47. The van der Waals surface area contributed by atoms with E-state index in [0.717, 1.165) is 22.7 Å². The van der Waals surface area contributed by atoms with Crippen molar-refractivity contribution in [3.63, 3.8) is 0 Å². The molecule has 1 amide bonds. The van der Waals surface area contributed by atoms with Gasteiger partial charge >= 0.3 is 0 Å². The Morgan fingerprint density at radius 3 is 2.54 bits per heavy atom. The molecule has 0 bridgehead atoms. The minimum Gasteiger partial charge on any atom is -0.302 e. The van der Waals surface area contributed by atoms with Gasteiger partial charge in [-0.1, -0.05) is 53.7 Å². The second-order valence-electron chi connectivity index (χ2n) is 5.94. The summed E-state index contributed by atoms with van der Waals surface area (Å²) < 4.78 is 1.97. The number of carbonyl (C=O) groups is 1. The van der Waals surface area contributed by atoms with Gasteiger partial charge in [0.05, 0.1) is 11.5 Å². The molecule has 28 heavy (non-hydrogen) atoms. The van der Waals surface area contributed by atoms with Gasteiger partial charge < -0.3 is 4.57 Å². The van der Waals surface area contributed by atoms with Gasteiger partial charge in [-0.25, -0.2) is 5.43 Å². The lowest BCUT2D eigenvalue weighted by Gasteiger charge is -2.07. The normalized spacial score (nSPS) is 11.5. The maximum atomic E-state index is 12.2. The van der Waals surface area contributed by atoms with E-state index < -0.39 is 0 Å². The fraction of sp³-hybridized carbons (Fsp3) is 0.200. The van der Waals surface area contributed by atoms with E-state index in [1.807, 2.05) is 73.0 Å². The minimum absolute atomic E-state index is 0.195. The fourth-order valence-electron chi connectivity index (χ4n) is 2.55. The van der Waals surface area contributed by atoms with Crippen LogP contribution in [0.25, 0.3) is 11.4 Å². The van der Waals surface area contributed by atoms with Crippen LogP contribution in [0.2, 0.25) is 5.02 Å². The quantitative estimate of drug-likeness (QED) is 0.357. The lowest BCUT2D eigenvalue weighted by atomic mass is 10.1. The summed E-state index contributed by atoms with van der Waals surface area (Å²) in [5, 5.41) is 14.0. The largest absolute Gasteiger partial charge is 0.302 e. The van der Waals surface area contributed by atoms with Crippen LogP contribution in [0.1, 0.15) is 19.4 Å². The Hall–Kier alpha value is -2.64. The van der Waals surface area contributed by atoms with E-state index in [-0.39, 0.29) is 11.7 Å². The summed E-state index contributed by atoms with van der Waals surface area (Å²) in [5.74, 6) is 0.753. The SMILES string of the molecule is CCn1c(SCC(=O)NN=C(C)c2ccccc2)nnc1-c1ccc(Cl)cc1. The van der Waals surface area contributed by atoms with Crippen LogP contribution >= 0.6 is 23.4 Å². The molecule has 0 saturated heterocycles. The molecule has 0 radical (unpaired) electrons. The summed E-state index contributed by atoms with van der Waals surface area (Å²) in [6, 6.07) is 17.1. The maximum absolute atomic E-state index is 12.2. The highest BCUT2D eigenvalue weighted by molar-refractivity contribution is 7.99. The average Bonchev–Trinajstić information content (AvgIpc) is 3.14. The van der Waals surface area contributed by atoms with Crippen molar-refractivity contribution >= 4 is 35.0 Å². The molecule has 0 fully saturated rings. The van der Waals surface area contributed by atoms with Gasteiger partial charge in [0.25, 0.3) is 5.91 Å². The summed E-state index contributed by atoms with van der Waals surface area (Å²) in [5.41, 5.74) is 5.24. The van der Waals surface area contributed by atoms with Crippen molar-refractivity contribution in [1.29, 1.82) is 0 Å². The standard InChI is InChI=1S/C20H20ClN5OS/c1-3-26-19(16-9-11-17(21)12-10-16)24-25-20(26)28-13-18(27)23-22-14(2)15-7-5-4-6-8-15/h4-12H,3,13H2,1-2H3,(H,23,27). The van der Waals surface area contributed by atoms with Crippen molar-refractivity contribution < 1.29 is 4.79 Å². The molecule has 1 heterocycles. The van der Waals surface area contributed by atoms with Crippen LogP contribution < -0.4 is 5.43 Å². The second-order valence-corrected chi connectivity index (χ2v) is 7.32. The van der Waals surface area contributed by atoms with Crippen LogP contribution in [0.15, 0.2) is 64.9 Å². The first-order valence-corrected chi connectivity index (χ1v) is 10.2. The number of nitrogens with zero attached hydrogens (tertiary/aromatic N) is 4. The Balaban J connectivity index is 1.63. The number of hydrogen-bond acceptors (Lipinski definition) is 5. The number of halogens is 1. The number of rotatable bonds is 7. The van der Waals surface area contributed by atoms with Crippen molar-refractivity contribution in [3.8, 4) is 11.4 Å². The van der Waals surface area contributed by atoms with Crippen LogP contribution in [0.4, 0.5) is 0 Å². The Kier molecular flexibility index (Phi) is 6.84. The second kappa shape index (κ2) is 9.52. The molecular weight excluding hydrogens is 394 g/mol. The van der Waals surface area contributed by atoms with E-state index in [0.29, 0.717) is 16.7 Å². The Morgan fingerprint density at radius 1 is 1.14 bits per heavy atom. The highest BCUT2D eigenvalue weighted by Gasteiger charge is 2.14. The molecule has 1 N–H and O–H groups in total. The van der Waals surface area contributed by atoms with Crippen LogP contribution in [-0.4, -0.2) is 32.1 Å². The van der Waals surface area contributed by atoms with Crippen molar-refractivity contribution in [2.24, 2.45) is 5.10 Å². The lowest BCUT2D eigenvalue weighted by Crippen LogP contribution is -2.21. The first kappa shape index (κ1) is 20.1. The summed E-state index contributed by atoms with van der Waals surface area (Å²) in [7, 11) is 0. The van der Waals surface area contributed by atoms with Crippen molar-refractivity contribution in [3.05, 3.63) is 65.2 Å². The third kappa shape index (κ3) is 4.99. The third-order valence-corrected chi connectivity index (χ3v) is 5.23. The lowest BCUT2D eigenvalue weighted by molar-refractivity contribution is -0.118. The summed E-state index contributed by atoms with van der Waals surface area (Å²) in [6.45, 7) is 4.56. The molecule has 0 atom stereocenters.